The van der Waals surface area contributed by atoms with E-state index in [-0.39, 0.29) is 22.2 Å². The Morgan fingerprint density at radius 1 is 1.38 bits per heavy atom. The molecule has 0 saturated heterocycles. The van der Waals surface area contributed by atoms with E-state index in [1.165, 1.54) is 18.2 Å². The fourth-order valence-electron chi connectivity index (χ4n) is 1.94. The van der Waals surface area contributed by atoms with Gasteiger partial charge in [0.2, 0.25) is 0 Å². The van der Waals surface area contributed by atoms with E-state index in [2.05, 4.69) is 24.1 Å². The third-order valence-corrected chi connectivity index (χ3v) is 3.55. The molecule has 7 heteroatoms. The van der Waals surface area contributed by atoms with Gasteiger partial charge in [-0.3, -0.25) is 14.9 Å². The minimum Gasteiger partial charge on any atom is -0.352 e. The first-order valence-corrected chi connectivity index (χ1v) is 7.31. The average molecular weight is 314 g/mol. The quantitative estimate of drug-likeness (QED) is 0.455. The molecule has 0 aliphatic heterocycles. The number of rotatable bonds is 8. The molecule has 1 aromatic carbocycles. The molecule has 0 unspecified atom stereocenters. The Kier molecular flexibility index (Phi) is 7.11. The van der Waals surface area contributed by atoms with Crippen molar-refractivity contribution < 1.29 is 9.72 Å². The van der Waals surface area contributed by atoms with Crippen LogP contribution in [0.5, 0.6) is 0 Å². The van der Waals surface area contributed by atoms with E-state index in [9.17, 15) is 14.9 Å². The normalized spacial score (nSPS) is 10.7. The molecule has 1 aromatic rings. The number of hydrogen-bond acceptors (Lipinski definition) is 4. The predicted octanol–water partition coefficient (Wildman–Crippen LogP) is 2.71. The molecule has 116 valence electrons. The molecular formula is C14H20ClN3O3. The van der Waals surface area contributed by atoms with Crippen LogP contribution < -0.4 is 5.32 Å². The number of nitrogens with one attached hydrogen (secondary N) is 1. The zero-order chi connectivity index (χ0) is 15.8. The van der Waals surface area contributed by atoms with Crippen molar-refractivity contribution in [1.82, 2.24) is 10.2 Å². The highest BCUT2D eigenvalue weighted by Crippen LogP contribution is 2.22. The van der Waals surface area contributed by atoms with Crippen molar-refractivity contribution in [3.05, 3.63) is 38.9 Å². The molecule has 0 aromatic heterocycles. The van der Waals surface area contributed by atoms with Crippen molar-refractivity contribution >= 4 is 23.2 Å². The number of nitrogens with zero attached hydrogens (tertiary/aromatic N) is 2. The first kappa shape index (κ1) is 17.4. The number of hydrogen-bond donors (Lipinski definition) is 1. The highest BCUT2D eigenvalue weighted by atomic mass is 35.5. The molecule has 0 bridgehead atoms. The number of nitro benzene ring substituents is 1. The van der Waals surface area contributed by atoms with Gasteiger partial charge >= 0.3 is 0 Å². The molecule has 0 aliphatic carbocycles. The van der Waals surface area contributed by atoms with Gasteiger partial charge in [0.15, 0.2) is 0 Å². The molecule has 21 heavy (non-hydrogen) atoms. The third-order valence-electron chi connectivity index (χ3n) is 3.24. The van der Waals surface area contributed by atoms with E-state index in [1.807, 2.05) is 0 Å². The summed E-state index contributed by atoms with van der Waals surface area (Å²) >= 11 is 5.90. The zero-order valence-electron chi connectivity index (χ0n) is 12.3. The first-order valence-electron chi connectivity index (χ1n) is 6.94. The highest BCUT2D eigenvalue weighted by Gasteiger charge is 2.14. The summed E-state index contributed by atoms with van der Waals surface area (Å²) in [4.78, 5) is 24.3. The summed E-state index contributed by atoms with van der Waals surface area (Å²) in [6.45, 7) is 7.62. The van der Waals surface area contributed by atoms with Crippen molar-refractivity contribution in [3.63, 3.8) is 0 Å². The Labute approximate surface area is 129 Å². The van der Waals surface area contributed by atoms with Crippen LogP contribution in [0.3, 0.4) is 0 Å². The van der Waals surface area contributed by atoms with Crippen LogP contribution in [0.1, 0.15) is 30.6 Å². The molecular weight excluding hydrogens is 294 g/mol. The van der Waals surface area contributed by atoms with Gasteiger partial charge in [0, 0.05) is 18.7 Å². The van der Waals surface area contributed by atoms with Gasteiger partial charge in [0.25, 0.3) is 11.6 Å². The van der Waals surface area contributed by atoms with Crippen molar-refractivity contribution in [1.29, 1.82) is 0 Å². The number of carbonyl (C=O) groups excluding carboxylic acids is 1. The summed E-state index contributed by atoms with van der Waals surface area (Å²) in [6.07, 6.45) is 0.845. The number of nitro groups is 1. The lowest BCUT2D eigenvalue weighted by molar-refractivity contribution is -0.384. The first-order chi connectivity index (χ1) is 9.99. The summed E-state index contributed by atoms with van der Waals surface area (Å²) in [6, 6.07) is 3.84. The Morgan fingerprint density at radius 2 is 2.05 bits per heavy atom. The Morgan fingerprint density at radius 3 is 2.57 bits per heavy atom. The Bertz CT molecular complexity index is 504. The van der Waals surface area contributed by atoms with Crippen LogP contribution in [0.2, 0.25) is 5.02 Å². The summed E-state index contributed by atoms with van der Waals surface area (Å²) < 4.78 is 0. The van der Waals surface area contributed by atoms with E-state index in [4.69, 9.17) is 11.6 Å². The Balaban J connectivity index is 2.51. The standard InChI is InChI=1S/C14H20ClN3O3/c1-3-17(4-2)9-5-8-16-14(19)12-7-6-11(18(20)21)10-13(12)15/h6-7,10H,3-5,8-9H2,1-2H3,(H,16,19). The van der Waals surface area contributed by atoms with Crippen molar-refractivity contribution in [2.75, 3.05) is 26.2 Å². The minimum absolute atomic E-state index is 0.0884. The van der Waals surface area contributed by atoms with Crippen LogP contribution in [-0.4, -0.2) is 41.9 Å². The number of benzene rings is 1. The molecule has 1 N–H and O–H groups in total. The number of halogens is 1. The molecule has 6 nitrogen and oxygen atoms in total. The SMILES string of the molecule is CCN(CC)CCCNC(=O)c1ccc([N+](=O)[O-])cc1Cl. The highest BCUT2D eigenvalue weighted by molar-refractivity contribution is 6.34. The second-order valence-electron chi connectivity index (χ2n) is 4.56. The lowest BCUT2D eigenvalue weighted by atomic mass is 10.2. The topological polar surface area (TPSA) is 75.5 Å². The maximum Gasteiger partial charge on any atom is 0.270 e. The molecule has 0 heterocycles. The minimum atomic E-state index is -0.544. The van der Waals surface area contributed by atoms with E-state index < -0.39 is 4.92 Å². The molecule has 0 atom stereocenters. The molecule has 0 spiro atoms. The van der Waals surface area contributed by atoms with Crippen LogP contribution >= 0.6 is 11.6 Å². The van der Waals surface area contributed by atoms with Crippen LogP contribution in [-0.2, 0) is 0 Å². The summed E-state index contributed by atoms with van der Waals surface area (Å²) in [5, 5.41) is 13.5. The van der Waals surface area contributed by atoms with Crippen molar-refractivity contribution in [3.8, 4) is 0 Å². The largest absolute Gasteiger partial charge is 0.352 e. The van der Waals surface area contributed by atoms with E-state index in [1.54, 1.807) is 0 Å². The van der Waals surface area contributed by atoms with Crippen LogP contribution in [0.4, 0.5) is 5.69 Å². The third kappa shape index (κ3) is 5.32. The molecule has 0 fully saturated rings. The second kappa shape index (κ2) is 8.59. The van der Waals surface area contributed by atoms with Gasteiger partial charge in [-0.25, -0.2) is 0 Å². The number of amides is 1. The van der Waals surface area contributed by atoms with Crippen LogP contribution in [0, 0.1) is 10.1 Å². The molecule has 1 amide bonds. The fraction of sp³-hybridized carbons (Fsp3) is 0.500. The van der Waals surface area contributed by atoms with Gasteiger partial charge < -0.3 is 10.2 Å². The second-order valence-corrected chi connectivity index (χ2v) is 4.96. The zero-order valence-corrected chi connectivity index (χ0v) is 13.0. The van der Waals surface area contributed by atoms with Crippen molar-refractivity contribution in [2.45, 2.75) is 20.3 Å². The lowest BCUT2D eigenvalue weighted by Crippen LogP contribution is -2.30. The fourth-order valence-corrected chi connectivity index (χ4v) is 2.20. The van der Waals surface area contributed by atoms with Gasteiger partial charge in [-0.15, -0.1) is 0 Å². The van der Waals surface area contributed by atoms with Gasteiger partial charge in [-0.1, -0.05) is 25.4 Å². The van der Waals surface area contributed by atoms with Crippen LogP contribution in [0.15, 0.2) is 18.2 Å². The summed E-state index contributed by atoms with van der Waals surface area (Å²) in [7, 11) is 0. The van der Waals surface area contributed by atoms with Gasteiger partial charge in [0.1, 0.15) is 0 Å². The van der Waals surface area contributed by atoms with Gasteiger partial charge in [-0.05, 0) is 32.1 Å². The number of carbonyl (C=O) groups is 1. The predicted molar refractivity (Wildman–Crippen MR) is 82.8 cm³/mol. The van der Waals surface area contributed by atoms with Crippen molar-refractivity contribution in [2.24, 2.45) is 0 Å². The monoisotopic (exact) mass is 313 g/mol. The van der Waals surface area contributed by atoms with Crippen LogP contribution in [0.25, 0.3) is 0 Å². The lowest BCUT2D eigenvalue weighted by Gasteiger charge is -2.17. The maximum atomic E-state index is 12.0. The summed E-state index contributed by atoms with van der Waals surface area (Å²) in [5.74, 6) is -0.311. The molecule has 0 saturated carbocycles. The van der Waals surface area contributed by atoms with Gasteiger partial charge in [-0.2, -0.15) is 0 Å². The number of non-ortho nitro benzene ring substituents is 1. The van der Waals surface area contributed by atoms with E-state index >= 15 is 0 Å². The van der Waals surface area contributed by atoms with Gasteiger partial charge in [0.05, 0.1) is 15.5 Å². The average Bonchev–Trinajstić information content (AvgIpc) is 2.47. The van der Waals surface area contributed by atoms with E-state index in [0.29, 0.717) is 6.54 Å². The maximum absolute atomic E-state index is 12.0. The smallest absolute Gasteiger partial charge is 0.270 e. The Hall–Kier alpha value is -1.66. The van der Waals surface area contributed by atoms with E-state index in [0.717, 1.165) is 26.1 Å². The molecule has 0 aliphatic rings. The molecule has 1 rings (SSSR count). The molecule has 0 radical (unpaired) electrons. The summed E-state index contributed by atoms with van der Waals surface area (Å²) in [5.41, 5.74) is 0.128.